The predicted octanol–water partition coefficient (Wildman–Crippen LogP) is 1.91. The van der Waals surface area contributed by atoms with Crippen molar-refractivity contribution in [3.8, 4) is 23.5 Å². The van der Waals surface area contributed by atoms with Crippen LogP contribution in [-0.4, -0.2) is 50.2 Å². The van der Waals surface area contributed by atoms with E-state index in [1.165, 1.54) is 26.5 Å². The predicted molar refractivity (Wildman–Crippen MR) is 95.3 cm³/mol. The summed E-state index contributed by atoms with van der Waals surface area (Å²) in [7, 11) is 2.78. The van der Waals surface area contributed by atoms with E-state index in [-0.39, 0.29) is 35.1 Å². The standard InChI is InChI=1S/C18H18N4O5/c1-26-17-13(23)9-19-14(21-17)7-11-5-3-4-10(16(11)25)6-12-8-15(24)22-18(20-12)27-2/h6-9,23H,3-5H2,1-2H3,(H,20,22,24)/b10-6+,11-7+. The summed E-state index contributed by atoms with van der Waals surface area (Å²) in [6.07, 6.45) is 6.35. The second kappa shape index (κ2) is 7.81. The van der Waals surface area contributed by atoms with Crippen LogP contribution in [0.5, 0.6) is 23.5 Å². The number of ether oxygens (including phenoxy) is 2. The SMILES string of the molecule is COc1nc(O)cc(/C=C2\CCC/C(=C\c3ncc(O)c(OC)n3)C2=O)n1. The highest BCUT2D eigenvalue weighted by Gasteiger charge is 2.21. The molecule has 0 saturated heterocycles. The number of aromatic hydroxyl groups is 2. The first-order valence-electron chi connectivity index (χ1n) is 8.18. The van der Waals surface area contributed by atoms with E-state index in [0.29, 0.717) is 29.7 Å². The minimum atomic E-state index is -0.239. The van der Waals surface area contributed by atoms with Crippen LogP contribution < -0.4 is 9.47 Å². The van der Waals surface area contributed by atoms with Crippen LogP contribution in [0.15, 0.2) is 23.4 Å². The van der Waals surface area contributed by atoms with Crippen LogP contribution in [0.2, 0.25) is 0 Å². The molecule has 27 heavy (non-hydrogen) atoms. The maximum Gasteiger partial charge on any atom is 0.319 e. The first-order valence-corrected chi connectivity index (χ1v) is 8.18. The lowest BCUT2D eigenvalue weighted by molar-refractivity contribution is -0.112. The molecule has 1 fully saturated rings. The molecule has 2 N–H and O–H groups in total. The van der Waals surface area contributed by atoms with E-state index in [1.807, 2.05) is 0 Å². The Balaban J connectivity index is 1.91. The zero-order valence-electron chi connectivity index (χ0n) is 14.8. The van der Waals surface area contributed by atoms with E-state index >= 15 is 0 Å². The van der Waals surface area contributed by atoms with Crippen LogP contribution >= 0.6 is 0 Å². The Morgan fingerprint density at radius 1 is 1.04 bits per heavy atom. The Labute approximate surface area is 155 Å². The van der Waals surface area contributed by atoms with Gasteiger partial charge < -0.3 is 19.7 Å². The van der Waals surface area contributed by atoms with Crippen molar-refractivity contribution in [3.63, 3.8) is 0 Å². The molecule has 2 aromatic rings. The third-order valence-electron chi connectivity index (χ3n) is 3.94. The number of ketones is 1. The molecule has 0 spiro atoms. The molecule has 1 saturated carbocycles. The molecule has 2 aromatic heterocycles. The minimum Gasteiger partial charge on any atom is -0.502 e. The van der Waals surface area contributed by atoms with Gasteiger partial charge in [-0.2, -0.15) is 15.0 Å². The lowest BCUT2D eigenvalue weighted by Crippen LogP contribution is -2.13. The van der Waals surface area contributed by atoms with E-state index in [2.05, 4.69) is 19.9 Å². The minimum absolute atomic E-state index is 0.0189. The van der Waals surface area contributed by atoms with Crippen LogP contribution in [0.1, 0.15) is 30.8 Å². The number of carbonyl (C=O) groups is 1. The third-order valence-corrected chi connectivity index (χ3v) is 3.94. The number of aromatic nitrogens is 4. The average Bonchev–Trinajstić information content (AvgIpc) is 2.66. The number of carbonyl (C=O) groups excluding carboxylic acids is 1. The van der Waals surface area contributed by atoms with Gasteiger partial charge in [0, 0.05) is 17.2 Å². The van der Waals surface area contributed by atoms with Gasteiger partial charge in [0.1, 0.15) is 0 Å². The summed E-state index contributed by atoms with van der Waals surface area (Å²) in [6.45, 7) is 0. The van der Waals surface area contributed by atoms with Crippen LogP contribution in [0.4, 0.5) is 0 Å². The molecule has 3 rings (SSSR count). The van der Waals surface area contributed by atoms with Gasteiger partial charge in [-0.1, -0.05) is 0 Å². The van der Waals surface area contributed by atoms with Gasteiger partial charge in [-0.05, 0) is 31.4 Å². The van der Waals surface area contributed by atoms with Gasteiger partial charge >= 0.3 is 6.01 Å². The molecule has 0 atom stereocenters. The second-order valence-corrected chi connectivity index (χ2v) is 5.78. The summed E-state index contributed by atoms with van der Waals surface area (Å²) in [5.74, 6) is -0.242. The number of methoxy groups -OCH3 is 2. The molecular formula is C18H18N4O5. The van der Waals surface area contributed by atoms with E-state index in [4.69, 9.17) is 9.47 Å². The van der Waals surface area contributed by atoms with Crippen LogP contribution in [0.3, 0.4) is 0 Å². The molecule has 2 heterocycles. The molecule has 140 valence electrons. The van der Waals surface area contributed by atoms with Crippen molar-refractivity contribution in [1.82, 2.24) is 19.9 Å². The van der Waals surface area contributed by atoms with Crippen LogP contribution in [0, 0.1) is 0 Å². The van der Waals surface area contributed by atoms with Crippen molar-refractivity contribution >= 4 is 17.9 Å². The van der Waals surface area contributed by atoms with Gasteiger partial charge in [-0.25, -0.2) is 4.98 Å². The number of allylic oxidation sites excluding steroid dienone is 2. The molecule has 0 aromatic carbocycles. The molecule has 0 aliphatic heterocycles. The maximum atomic E-state index is 12.8. The van der Waals surface area contributed by atoms with Gasteiger partial charge in [0.2, 0.25) is 5.88 Å². The summed E-state index contributed by atoms with van der Waals surface area (Å²) in [4.78, 5) is 28.7. The Kier molecular flexibility index (Phi) is 5.30. The number of rotatable bonds is 4. The van der Waals surface area contributed by atoms with Crippen molar-refractivity contribution in [2.45, 2.75) is 19.3 Å². The van der Waals surface area contributed by atoms with Crippen molar-refractivity contribution in [1.29, 1.82) is 0 Å². The van der Waals surface area contributed by atoms with Gasteiger partial charge in [0.15, 0.2) is 17.4 Å². The molecule has 0 bridgehead atoms. The fourth-order valence-electron chi connectivity index (χ4n) is 2.70. The van der Waals surface area contributed by atoms with Crippen LogP contribution in [-0.2, 0) is 4.79 Å². The summed E-state index contributed by atoms with van der Waals surface area (Å²) in [5, 5.41) is 19.2. The number of hydrogen-bond donors (Lipinski definition) is 2. The topological polar surface area (TPSA) is 128 Å². The number of Topliss-reactive ketones (excluding diaryl/α,β-unsaturated/α-hetero) is 1. The van der Waals surface area contributed by atoms with Gasteiger partial charge in [0.25, 0.3) is 5.88 Å². The molecule has 1 aliphatic carbocycles. The summed E-state index contributed by atoms with van der Waals surface area (Å²) < 4.78 is 9.89. The molecule has 1 aliphatic rings. The maximum absolute atomic E-state index is 12.8. The van der Waals surface area contributed by atoms with Crippen LogP contribution in [0.25, 0.3) is 12.2 Å². The fourth-order valence-corrected chi connectivity index (χ4v) is 2.70. The first-order chi connectivity index (χ1) is 13.0. The normalized spacial score (nSPS) is 17.3. The van der Waals surface area contributed by atoms with Crippen molar-refractivity contribution < 1.29 is 24.5 Å². The lowest BCUT2D eigenvalue weighted by atomic mass is 9.88. The smallest absolute Gasteiger partial charge is 0.319 e. The van der Waals surface area contributed by atoms with Crippen molar-refractivity contribution in [2.75, 3.05) is 14.2 Å². The lowest BCUT2D eigenvalue weighted by Gasteiger charge is -2.16. The highest BCUT2D eigenvalue weighted by atomic mass is 16.5. The zero-order chi connectivity index (χ0) is 19.4. The van der Waals surface area contributed by atoms with Crippen molar-refractivity contribution in [2.24, 2.45) is 0 Å². The van der Waals surface area contributed by atoms with Gasteiger partial charge in [-0.3, -0.25) is 4.79 Å². The number of hydrogen-bond acceptors (Lipinski definition) is 9. The van der Waals surface area contributed by atoms with Gasteiger partial charge in [-0.15, -0.1) is 0 Å². The first kappa shape index (κ1) is 18.3. The quantitative estimate of drug-likeness (QED) is 0.776. The summed E-state index contributed by atoms with van der Waals surface area (Å²) in [5.41, 5.74) is 1.48. The third kappa shape index (κ3) is 4.20. The monoisotopic (exact) mass is 370 g/mol. The van der Waals surface area contributed by atoms with Gasteiger partial charge in [0.05, 0.1) is 26.1 Å². The van der Waals surface area contributed by atoms with E-state index < -0.39 is 0 Å². The summed E-state index contributed by atoms with van der Waals surface area (Å²) >= 11 is 0. The second-order valence-electron chi connectivity index (χ2n) is 5.78. The van der Waals surface area contributed by atoms with E-state index in [9.17, 15) is 15.0 Å². The Morgan fingerprint density at radius 3 is 2.48 bits per heavy atom. The number of nitrogens with zero attached hydrogens (tertiary/aromatic N) is 4. The van der Waals surface area contributed by atoms with Crippen molar-refractivity contribution in [3.05, 3.63) is 34.9 Å². The molecule has 9 heteroatoms. The van der Waals surface area contributed by atoms with E-state index in [0.717, 1.165) is 6.42 Å². The Morgan fingerprint density at radius 2 is 1.78 bits per heavy atom. The summed E-state index contributed by atoms with van der Waals surface area (Å²) in [6, 6.07) is 1.37. The largest absolute Gasteiger partial charge is 0.502 e. The Hall–Kier alpha value is -3.49. The highest BCUT2D eigenvalue weighted by molar-refractivity contribution is 6.13. The molecule has 0 amide bonds. The Bertz CT molecular complexity index is 939. The molecule has 9 nitrogen and oxygen atoms in total. The highest BCUT2D eigenvalue weighted by Crippen LogP contribution is 2.29. The van der Waals surface area contributed by atoms with E-state index in [1.54, 1.807) is 12.2 Å². The fraction of sp³-hybridized carbons (Fsp3) is 0.278. The molecule has 0 radical (unpaired) electrons. The zero-order valence-corrected chi connectivity index (χ0v) is 14.8. The molecular weight excluding hydrogens is 352 g/mol. The average molecular weight is 370 g/mol. The molecule has 0 unspecified atom stereocenters.